The van der Waals surface area contributed by atoms with E-state index < -0.39 is 0 Å². The second-order valence-electron chi connectivity index (χ2n) is 5.85. The molecule has 0 unspecified atom stereocenters. The van der Waals surface area contributed by atoms with Gasteiger partial charge in [0.1, 0.15) is 0 Å². The second kappa shape index (κ2) is 4.90. The minimum atomic E-state index is -0.378. The molecule has 19 heavy (non-hydrogen) atoms. The Morgan fingerprint density at radius 1 is 1.16 bits per heavy atom. The minimum absolute atomic E-state index is 0.342. The summed E-state index contributed by atoms with van der Waals surface area (Å²) >= 11 is 4.30. The third-order valence-corrected chi connectivity index (χ3v) is 4.25. The molecule has 0 N–H and O–H groups in total. The van der Waals surface area contributed by atoms with E-state index in [4.69, 9.17) is 15.7 Å². The molecule has 2 nitrogen and oxygen atoms in total. The van der Waals surface area contributed by atoms with Crippen molar-refractivity contribution in [1.29, 1.82) is 0 Å². The number of thiol groups is 1. The first-order valence-corrected chi connectivity index (χ1v) is 6.99. The smallest absolute Gasteiger partial charge is 0.399 e. The second-order valence-corrected chi connectivity index (χ2v) is 6.17. The molecule has 1 aromatic carbocycles. The quantitative estimate of drug-likeness (QED) is 0.507. The van der Waals surface area contributed by atoms with Gasteiger partial charge in [-0.05, 0) is 50.9 Å². The lowest BCUT2D eigenvalue weighted by Crippen LogP contribution is -2.41. The molecule has 4 heteroatoms. The fourth-order valence-corrected chi connectivity index (χ4v) is 2.19. The van der Waals surface area contributed by atoms with E-state index in [1.165, 1.54) is 0 Å². The number of hydrogen-bond acceptors (Lipinski definition) is 3. The van der Waals surface area contributed by atoms with Crippen molar-refractivity contribution in [2.24, 2.45) is 0 Å². The predicted octanol–water partition coefficient (Wildman–Crippen LogP) is 2.40. The average Bonchev–Trinajstić information content (AvgIpc) is 2.58. The molecule has 0 atom stereocenters. The van der Waals surface area contributed by atoms with Crippen molar-refractivity contribution >= 4 is 25.2 Å². The fraction of sp³-hybridized carbons (Fsp3) is 0.467. The van der Waals surface area contributed by atoms with Crippen molar-refractivity contribution in [1.82, 2.24) is 0 Å². The van der Waals surface area contributed by atoms with Gasteiger partial charge in [-0.2, -0.15) is 12.6 Å². The highest BCUT2D eigenvalue weighted by atomic mass is 32.1. The van der Waals surface area contributed by atoms with Gasteiger partial charge >= 0.3 is 7.12 Å². The Labute approximate surface area is 121 Å². The first-order valence-electron chi connectivity index (χ1n) is 6.36. The maximum absolute atomic E-state index is 6.03. The third-order valence-electron chi connectivity index (χ3n) is 3.89. The molecule has 0 radical (unpaired) electrons. The van der Waals surface area contributed by atoms with Crippen LogP contribution in [-0.2, 0) is 15.1 Å². The summed E-state index contributed by atoms with van der Waals surface area (Å²) in [6.07, 6.45) is 5.49. The first kappa shape index (κ1) is 14.5. The van der Waals surface area contributed by atoms with E-state index in [9.17, 15) is 0 Å². The Balaban J connectivity index is 2.37. The van der Waals surface area contributed by atoms with Crippen molar-refractivity contribution in [3.8, 4) is 12.3 Å². The lowest BCUT2D eigenvalue weighted by atomic mass is 9.77. The molecule has 1 fully saturated rings. The molecular weight excluding hydrogens is 255 g/mol. The van der Waals surface area contributed by atoms with E-state index in [2.05, 4.69) is 18.5 Å². The van der Waals surface area contributed by atoms with Gasteiger partial charge in [-0.3, -0.25) is 0 Å². The van der Waals surface area contributed by atoms with Crippen molar-refractivity contribution in [3.63, 3.8) is 0 Å². The highest BCUT2D eigenvalue weighted by Gasteiger charge is 2.51. The number of benzene rings is 1. The fourth-order valence-electron chi connectivity index (χ4n) is 2.01. The molecule has 0 aliphatic carbocycles. The molecule has 0 spiro atoms. The molecule has 1 aliphatic heterocycles. The number of rotatable bonds is 2. The minimum Gasteiger partial charge on any atom is -0.399 e. The largest absolute Gasteiger partial charge is 0.494 e. The predicted molar refractivity (Wildman–Crippen MR) is 82.8 cm³/mol. The van der Waals surface area contributed by atoms with Crippen LogP contribution in [0.3, 0.4) is 0 Å². The zero-order valence-corrected chi connectivity index (χ0v) is 12.8. The normalized spacial score (nSPS) is 20.3. The molecular formula is C15H19BO2S. The molecule has 1 saturated heterocycles. The van der Waals surface area contributed by atoms with E-state index >= 15 is 0 Å². The zero-order valence-electron chi connectivity index (χ0n) is 11.9. The Bertz CT molecular complexity index is 515. The monoisotopic (exact) mass is 274 g/mol. The van der Waals surface area contributed by atoms with Crippen LogP contribution in [0.1, 0.15) is 38.8 Å². The maximum atomic E-state index is 6.03. The summed E-state index contributed by atoms with van der Waals surface area (Å²) in [5.41, 5.74) is 2.17. The lowest BCUT2D eigenvalue weighted by Gasteiger charge is -2.32. The molecule has 1 aromatic rings. The van der Waals surface area contributed by atoms with E-state index in [0.717, 1.165) is 16.6 Å². The SMILES string of the molecule is C#Cc1cc(CS)cc(B2OC(C)(C)C(C)(C)O2)c1. The number of hydrogen-bond donors (Lipinski definition) is 1. The molecule has 1 aliphatic rings. The van der Waals surface area contributed by atoms with Crippen molar-refractivity contribution < 1.29 is 9.31 Å². The summed E-state index contributed by atoms with van der Waals surface area (Å²) in [7, 11) is -0.378. The summed E-state index contributed by atoms with van der Waals surface area (Å²) in [4.78, 5) is 0. The summed E-state index contributed by atoms with van der Waals surface area (Å²) in [6.45, 7) is 8.16. The van der Waals surface area contributed by atoms with Crippen LogP contribution in [0.2, 0.25) is 0 Å². The van der Waals surface area contributed by atoms with E-state index in [0.29, 0.717) is 5.75 Å². The van der Waals surface area contributed by atoms with Gasteiger partial charge in [0, 0.05) is 11.3 Å². The van der Waals surface area contributed by atoms with Crippen molar-refractivity contribution in [2.45, 2.75) is 44.6 Å². The lowest BCUT2D eigenvalue weighted by molar-refractivity contribution is 0.00578. The highest BCUT2D eigenvalue weighted by Crippen LogP contribution is 2.36. The van der Waals surface area contributed by atoms with E-state index in [-0.39, 0.29) is 18.3 Å². The van der Waals surface area contributed by atoms with Gasteiger partial charge in [0.2, 0.25) is 0 Å². The maximum Gasteiger partial charge on any atom is 0.494 e. The summed E-state index contributed by atoms with van der Waals surface area (Å²) in [6, 6.07) is 5.94. The first-order chi connectivity index (χ1) is 8.79. The molecule has 1 heterocycles. The number of terminal acetylenes is 1. The van der Waals surface area contributed by atoms with Gasteiger partial charge in [0.25, 0.3) is 0 Å². The van der Waals surface area contributed by atoms with Crippen LogP contribution in [0.15, 0.2) is 18.2 Å². The van der Waals surface area contributed by atoms with E-state index in [1.54, 1.807) is 0 Å². The summed E-state index contributed by atoms with van der Waals surface area (Å²) < 4.78 is 12.1. The van der Waals surface area contributed by atoms with Gasteiger partial charge in [-0.1, -0.05) is 12.0 Å². The molecule has 0 aromatic heterocycles. The summed E-state index contributed by atoms with van der Waals surface area (Å²) in [5, 5.41) is 0. The van der Waals surface area contributed by atoms with Crippen LogP contribution in [0.25, 0.3) is 0 Å². The van der Waals surface area contributed by atoms with Gasteiger partial charge in [-0.25, -0.2) is 0 Å². The van der Waals surface area contributed by atoms with Crippen molar-refractivity contribution in [2.75, 3.05) is 0 Å². The Hall–Kier alpha value is -0.885. The van der Waals surface area contributed by atoms with Crippen LogP contribution < -0.4 is 5.46 Å². The van der Waals surface area contributed by atoms with Gasteiger partial charge < -0.3 is 9.31 Å². The van der Waals surface area contributed by atoms with Crippen molar-refractivity contribution in [3.05, 3.63) is 29.3 Å². The molecule has 0 amide bonds. The molecule has 0 saturated carbocycles. The van der Waals surface area contributed by atoms with Gasteiger partial charge in [0.15, 0.2) is 0 Å². The third kappa shape index (κ3) is 2.69. The summed E-state index contributed by atoms with van der Waals surface area (Å²) in [5.74, 6) is 3.30. The van der Waals surface area contributed by atoms with E-state index in [1.807, 2.05) is 45.9 Å². The van der Waals surface area contributed by atoms with Crippen LogP contribution in [0, 0.1) is 12.3 Å². The Morgan fingerprint density at radius 2 is 1.74 bits per heavy atom. The molecule has 0 bridgehead atoms. The average molecular weight is 274 g/mol. The zero-order chi connectivity index (χ0) is 14.3. The van der Waals surface area contributed by atoms with Crippen LogP contribution >= 0.6 is 12.6 Å². The van der Waals surface area contributed by atoms with Crippen LogP contribution in [0.4, 0.5) is 0 Å². The molecule has 2 rings (SSSR count). The van der Waals surface area contributed by atoms with Crippen LogP contribution in [-0.4, -0.2) is 18.3 Å². The highest BCUT2D eigenvalue weighted by molar-refractivity contribution is 7.79. The van der Waals surface area contributed by atoms with Crippen LogP contribution in [0.5, 0.6) is 0 Å². The standard InChI is InChI=1S/C15H19BO2S/c1-6-11-7-12(10-19)9-13(8-11)16-17-14(2,3)15(4,5)18-16/h1,7-9,19H,10H2,2-5H3. The van der Waals surface area contributed by atoms with Gasteiger partial charge in [0.05, 0.1) is 11.2 Å². The molecule has 100 valence electrons. The Morgan fingerprint density at radius 3 is 2.21 bits per heavy atom. The Kier molecular flexibility index (Phi) is 3.75. The van der Waals surface area contributed by atoms with Gasteiger partial charge in [-0.15, -0.1) is 6.42 Å². The topological polar surface area (TPSA) is 18.5 Å².